The van der Waals surface area contributed by atoms with E-state index in [0.717, 1.165) is 47.8 Å². The summed E-state index contributed by atoms with van der Waals surface area (Å²) in [4.78, 5) is 23.9. The third-order valence-electron chi connectivity index (χ3n) is 5.77. The van der Waals surface area contributed by atoms with Crippen LogP contribution in [0.15, 0.2) is 54.7 Å². The number of rotatable bonds is 7. The smallest absolute Gasteiger partial charge is 0.260 e. The molecule has 7 nitrogen and oxygen atoms in total. The number of amides is 1. The topological polar surface area (TPSA) is 76.6 Å². The van der Waals surface area contributed by atoms with Gasteiger partial charge in [0.25, 0.3) is 5.91 Å². The molecule has 3 heterocycles. The molecule has 33 heavy (non-hydrogen) atoms. The van der Waals surface area contributed by atoms with Crippen LogP contribution in [0.4, 0.5) is 11.5 Å². The fourth-order valence-corrected chi connectivity index (χ4v) is 4.13. The van der Waals surface area contributed by atoms with Crippen LogP contribution < -0.4 is 14.8 Å². The number of pyridine rings is 2. The molecule has 172 valence electrons. The van der Waals surface area contributed by atoms with Crippen LogP contribution in [0.1, 0.15) is 35.7 Å². The number of methoxy groups -OCH3 is 1. The summed E-state index contributed by atoms with van der Waals surface area (Å²) in [6, 6.07) is 15.5. The number of likely N-dealkylation sites (tertiary alicyclic amines) is 1. The van der Waals surface area contributed by atoms with Crippen LogP contribution in [0, 0.1) is 13.8 Å². The number of carbonyl (C=O) groups is 1. The molecular formula is C26H30N4O3. The van der Waals surface area contributed by atoms with Crippen LogP contribution in [0.25, 0.3) is 0 Å². The molecule has 1 atom stereocenters. The maximum absolute atomic E-state index is 12.9. The van der Waals surface area contributed by atoms with Crippen LogP contribution in [-0.2, 0) is 4.79 Å². The summed E-state index contributed by atoms with van der Waals surface area (Å²) >= 11 is 0. The number of anilines is 2. The monoisotopic (exact) mass is 446 g/mol. The van der Waals surface area contributed by atoms with Gasteiger partial charge in [0.1, 0.15) is 5.82 Å². The third-order valence-corrected chi connectivity index (χ3v) is 5.77. The molecular weight excluding hydrogens is 416 g/mol. The Morgan fingerprint density at radius 2 is 2.03 bits per heavy atom. The minimum atomic E-state index is -0.0261. The minimum absolute atomic E-state index is 0.0140. The third kappa shape index (κ3) is 5.80. The van der Waals surface area contributed by atoms with E-state index < -0.39 is 0 Å². The van der Waals surface area contributed by atoms with E-state index in [9.17, 15) is 4.79 Å². The number of hydrogen-bond donors (Lipinski definition) is 1. The summed E-state index contributed by atoms with van der Waals surface area (Å²) in [5.74, 6) is 2.16. The number of benzene rings is 1. The first-order valence-corrected chi connectivity index (χ1v) is 11.2. The second-order valence-corrected chi connectivity index (χ2v) is 8.38. The van der Waals surface area contributed by atoms with Crippen molar-refractivity contribution in [3.05, 3.63) is 71.7 Å². The van der Waals surface area contributed by atoms with Crippen molar-refractivity contribution < 1.29 is 14.3 Å². The highest BCUT2D eigenvalue weighted by molar-refractivity contribution is 5.78. The van der Waals surface area contributed by atoms with E-state index in [2.05, 4.69) is 16.4 Å². The van der Waals surface area contributed by atoms with Gasteiger partial charge in [0.15, 0.2) is 18.1 Å². The molecule has 0 saturated carbocycles. The van der Waals surface area contributed by atoms with E-state index >= 15 is 0 Å². The Balaban J connectivity index is 1.41. The molecule has 0 bridgehead atoms. The Morgan fingerprint density at radius 3 is 2.82 bits per heavy atom. The summed E-state index contributed by atoms with van der Waals surface area (Å²) in [7, 11) is 1.60. The molecule has 0 radical (unpaired) electrons. The molecule has 1 fully saturated rings. The van der Waals surface area contributed by atoms with Gasteiger partial charge in [0.05, 0.1) is 7.11 Å². The van der Waals surface area contributed by atoms with Gasteiger partial charge in [-0.15, -0.1) is 0 Å². The summed E-state index contributed by atoms with van der Waals surface area (Å²) in [5.41, 5.74) is 3.96. The lowest BCUT2D eigenvalue weighted by molar-refractivity contribution is -0.134. The first-order chi connectivity index (χ1) is 16.0. The zero-order valence-corrected chi connectivity index (χ0v) is 19.4. The summed E-state index contributed by atoms with van der Waals surface area (Å²) < 4.78 is 11.2. The van der Waals surface area contributed by atoms with Gasteiger partial charge in [0.2, 0.25) is 0 Å². The van der Waals surface area contributed by atoms with E-state index in [1.807, 2.05) is 61.2 Å². The maximum Gasteiger partial charge on any atom is 0.260 e. The average Bonchev–Trinajstić information content (AvgIpc) is 2.83. The van der Waals surface area contributed by atoms with E-state index in [0.29, 0.717) is 18.0 Å². The number of ether oxygens (including phenoxy) is 2. The van der Waals surface area contributed by atoms with Crippen molar-refractivity contribution in [3.63, 3.8) is 0 Å². The predicted molar refractivity (Wildman–Crippen MR) is 128 cm³/mol. The molecule has 3 aromatic rings. The average molecular weight is 447 g/mol. The summed E-state index contributed by atoms with van der Waals surface area (Å²) in [5, 5.41) is 3.35. The van der Waals surface area contributed by atoms with Gasteiger partial charge in [-0.05, 0) is 68.7 Å². The van der Waals surface area contributed by atoms with Crippen molar-refractivity contribution in [3.8, 4) is 11.5 Å². The number of nitrogens with zero attached hydrogens (tertiary/aromatic N) is 3. The number of nitrogens with one attached hydrogen (secondary N) is 1. The zero-order valence-electron chi connectivity index (χ0n) is 19.4. The van der Waals surface area contributed by atoms with E-state index in [1.165, 1.54) is 0 Å². The van der Waals surface area contributed by atoms with Gasteiger partial charge in [-0.25, -0.2) is 4.98 Å². The minimum Gasteiger partial charge on any atom is -0.493 e. The number of hydrogen-bond acceptors (Lipinski definition) is 6. The van der Waals surface area contributed by atoms with Gasteiger partial charge in [-0.2, -0.15) is 0 Å². The zero-order chi connectivity index (χ0) is 23.2. The van der Waals surface area contributed by atoms with Crippen molar-refractivity contribution >= 4 is 17.4 Å². The quantitative estimate of drug-likeness (QED) is 0.570. The molecule has 2 aromatic heterocycles. The van der Waals surface area contributed by atoms with Gasteiger partial charge in [-0.3, -0.25) is 9.78 Å². The fourth-order valence-electron chi connectivity index (χ4n) is 4.13. The highest BCUT2D eigenvalue weighted by Crippen LogP contribution is 2.30. The highest BCUT2D eigenvalue weighted by Gasteiger charge is 2.26. The SMILES string of the molecule is COc1cc(C)ccc1OCC(=O)N1CCCC(c2cc(Nc3ccccn3)cc(C)n2)C1. The molecule has 1 aromatic carbocycles. The summed E-state index contributed by atoms with van der Waals surface area (Å²) in [6.45, 7) is 5.32. The molecule has 4 rings (SSSR count). The Morgan fingerprint density at radius 1 is 1.15 bits per heavy atom. The van der Waals surface area contributed by atoms with E-state index in [1.54, 1.807) is 13.3 Å². The van der Waals surface area contributed by atoms with Gasteiger partial charge in [-0.1, -0.05) is 12.1 Å². The Bertz CT molecular complexity index is 1100. The van der Waals surface area contributed by atoms with E-state index in [4.69, 9.17) is 14.5 Å². The van der Waals surface area contributed by atoms with Gasteiger partial charge < -0.3 is 19.7 Å². The Hall–Kier alpha value is -3.61. The lowest BCUT2D eigenvalue weighted by Gasteiger charge is -2.32. The van der Waals surface area contributed by atoms with Crippen molar-refractivity contribution in [2.24, 2.45) is 0 Å². The second kappa shape index (κ2) is 10.3. The van der Waals surface area contributed by atoms with Crippen molar-refractivity contribution in [2.45, 2.75) is 32.6 Å². The molecule has 1 unspecified atom stereocenters. The highest BCUT2D eigenvalue weighted by atomic mass is 16.5. The van der Waals surface area contributed by atoms with Crippen molar-refractivity contribution in [1.29, 1.82) is 0 Å². The molecule has 1 aliphatic rings. The van der Waals surface area contributed by atoms with Crippen LogP contribution in [0.3, 0.4) is 0 Å². The normalized spacial score (nSPS) is 15.7. The molecule has 1 N–H and O–H groups in total. The largest absolute Gasteiger partial charge is 0.493 e. The maximum atomic E-state index is 12.9. The standard InChI is InChI=1S/C26H30N4O3/c1-18-9-10-23(24(13-18)32-3)33-17-26(31)30-12-6-7-20(16-30)22-15-21(14-19(2)28-22)29-25-8-4-5-11-27-25/h4-5,8-11,13-15,20H,6-7,12,16-17H2,1-3H3,(H,27,28,29). The van der Waals surface area contributed by atoms with E-state index in [-0.39, 0.29) is 18.4 Å². The molecule has 0 aliphatic carbocycles. The van der Waals surface area contributed by atoms with Crippen LogP contribution in [-0.4, -0.2) is 47.6 Å². The van der Waals surface area contributed by atoms with Crippen LogP contribution in [0.2, 0.25) is 0 Å². The number of aryl methyl sites for hydroxylation is 2. The van der Waals surface area contributed by atoms with Crippen LogP contribution >= 0.6 is 0 Å². The lowest BCUT2D eigenvalue weighted by atomic mass is 9.93. The first kappa shape index (κ1) is 22.6. The van der Waals surface area contributed by atoms with Crippen LogP contribution in [0.5, 0.6) is 11.5 Å². The van der Waals surface area contributed by atoms with Gasteiger partial charge in [0, 0.05) is 42.3 Å². The lowest BCUT2D eigenvalue weighted by Crippen LogP contribution is -2.41. The fraction of sp³-hybridized carbons (Fsp3) is 0.346. The molecule has 7 heteroatoms. The van der Waals surface area contributed by atoms with Crippen molar-refractivity contribution in [2.75, 3.05) is 32.1 Å². The molecule has 1 amide bonds. The van der Waals surface area contributed by atoms with Crippen molar-refractivity contribution in [1.82, 2.24) is 14.9 Å². The second-order valence-electron chi connectivity index (χ2n) is 8.38. The molecule has 1 aliphatic heterocycles. The Labute approximate surface area is 194 Å². The van der Waals surface area contributed by atoms with Gasteiger partial charge >= 0.3 is 0 Å². The molecule has 1 saturated heterocycles. The number of carbonyl (C=O) groups excluding carboxylic acids is 1. The number of piperidine rings is 1. The first-order valence-electron chi connectivity index (χ1n) is 11.2. The summed E-state index contributed by atoms with van der Waals surface area (Å²) in [6.07, 6.45) is 3.69. The molecule has 0 spiro atoms. The predicted octanol–water partition coefficient (Wildman–Crippen LogP) is 4.63. The Kier molecular flexibility index (Phi) is 7.07. The number of aromatic nitrogens is 2.